The summed E-state index contributed by atoms with van der Waals surface area (Å²) < 4.78 is 17.2. The second-order valence-electron chi connectivity index (χ2n) is 7.60. The second-order valence-corrected chi connectivity index (χ2v) is 8.16. The van der Waals surface area contributed by atoms with Crippen molar-refractivity contribution in [3.8, 4) is 11.5 Å². The van der Waals surface area contributed by atoms with Gasteiger partial charge in [-0.05, 0) is 54.8 Å². The number of alkyl halides is 1. The lowest BCUT2D eigenvalue weighted by atomic mass is 10.1. The smallest absolute Gasteiger partial charge is 0.314 e. The largest absolute Gasteiger partial charge is 0.489 e. The van der Waals surface area contributed by atoms with Crippen molar-refractivity contribution in [2.75, 3.05) is 19.0 Å². The molecule has 0 aliphatic carbocycles. The summed E-state index contributed by atoms with van der Waals surface area (Å²) in [5.41, 5.74) is 3.52. The lowest BCUT2D eigenvalue weighted by Crippen LogP contribution is -2.11. The van der Waals surface area contributed by atoms with Crippen molar-refractivity contribution in [3.05, 3.63) is 95.6 Å². The first kappa shape index (κ1) is 30.8. The minimum atomic E-state index is -0.829. The van der Waals surface area contributed by atoms with E-state index in [9.17, 15) is 4.79 Å². The molecule has 0 aliphatic rings. The van der Waals surface area contributed by atoms with Gasteiger partial charge in [-0.25, -0.2) is 0 Å². The third-order valence-corrected chi connectivity index (χ3v) is 4.93. The van der Waals surface area contributed by atoms with Gasteiger partial charge in [-0.2, -0.15) is 0 Å². The summed E-state index contributed by atoms with van der Waals surface area (Å²) >= 11 is 2.71. The van der Waals surface area contributed by atoms with Gasteiger partial charge in [0.2, 0.25) is 0 Å². The first-order chi connectivity index (χ1) is 17.4. The number of aliphatic hydroxyl groups excluding tert-OH is 1. The quantitative estimate of drug-likeness (QED) is 0.205. The molecular weight excluding hydrogens is 526 g/mol. The Labute approximate surface area is 221 Å². The Kier molecular flexibility index (Phi) is 15.5. The molecule has 0 heterocycles. The molecule has 3 aromatic rings. The van der Waals surface area contributed by atoms with Crippen LogP contribution in [-0.4, -0.2) is 47.0 Å². The van der Waals surface area contributed by atoms with E-state index in [1.165, 1.54) is 0 Å². The Hall–Kier alpha value is -3.20. The summed E-state index contributed by atoms with van der Waals surface area (Å²) in [6, 6.07) is 25.4. The number of aliphatic hydroxyl groups is 1. The Balaban J connectivity index is 0.000000826. The van der Waals surface area contributed by atoms with E-state index in [1.807, 2.05) is 92.7 Å². The van der Waals surface area contributed by atoms with Gasteiger partial charge in [0.15, 0.2) is 0 Å². The number of ether oxygens (including phenoxy) is 3. The van der Waals surface area contributed by atoms with Gasteiger partial charge >= 0.3 is 5.97 Å². The number of halogens is 1. The zero-order valence-electron chi connectivity index (χ0n) is 20.8. The molecule has 8 heteroatoms. The van der Waals surface area contributed by atoms with Gasteiger partial charge in [-0.1, -0.05) is 70.5 Å². The van der Waals surface area contributed by atoms with Gasteiger partial charge in [-0.15, -0.1) is 0 Å². The van der Waals surface area contributed by atoms with Crippen molar-refractivity contribution in [1.29, 1.82) is 5.41 Å². The normalized spacial score (nSPS) is 9.83. The summed E-state index contributed by atoms with van der Waals surface area (Å²) in [5, 5.41) is 22.8. The van der Waals surface area contributed by atoms with Gasteiger partial charge in [0, 0.05) is 7.11 Å². The van der Waals surface area contributed by atoms with E-state index in [2.05, 4.69) is 15.9 Å². The number of aliphatic carboxylic acids is 1. The van der Waals surface area contributed by atoms with E-state index in [-0.39, 0.29) is 18.0 Å². The van der Waals surface area contributed by atoms with Gasteiger partial charge in [0.25, 0.3) is 0 Å². The monoisotopic (exact) mass is 559 g/mol. The molecule has 7 nitrogen and oxygen atoms in total. The molecule has 0 spiro atoms. The van der Waals surface area contributed by atoms with Crippen LogP contribution in [0.2, 0.25) is 0 Å². The SMILES string of the molecule is CC(C)OCc1ccc(OCc2ccc(OCC(=N)c3ccccc3)cc2)cc1.CO.O=C(O)CBr. The number of carbonyl (C=O) groups is 1. The minimum absolute atomic E-state index is 0.0347. The Bertz CT molecular complexity index is 1010. The van der Waals surface area contributed by atoms with E-state index in [0.717, 1.165) is 35.3 Å². The van der Waals surface area contributed by atoms with Crippen LogP contribution in [0, 0.1) is 5.41 Å². The Morgan fingerprint density at radius 3 is 1.78 bits per heavy atom. The molecular formula is C28H34BrNO6. The molecule has 36 heavy (non-hydrogen) atoms. The van der Waals surface area contributed by atoms with Crippen molar-refractivity contribution < 1.29 is 29.2 Å². The van der Waals surface area contributed by atoms with E-state index in [1.54, 1.807) is 0 Å². The van der Waals surface area contributed by atoms with Crippen molar-refractivity contribution >= 4 is 27.6 Å². The van der Waals surface area contributed by atoms with E-state index < -0.39 is 5.97 Å². The number of carboxylic acids is 1. The number of carboxylic acid groups (broad SMARTS) is 1. The standard InChI is InChI=1S/C25H27NO3.C2H3BrO2.CH4O/c1-19(2)27-16-20-8-12-23(13-9-20)28-17-21-10-14-24(15-11-21)29-18-25(26)22-6-4-3-5-7-22;3-1-2(4)5;1-2/h3-15,19,26H,16-18H2,1-2H3;1H2,(H,4,5);2H,1H3. The molecule has 3 N–H and O–H groups in total. The van der Waals surface area contributed by atoms with Crippen LogP contribution in [0.3, 0.4) is 0 Å². The fourth-order valence-electron chi connectivity index (χ4n) is 2.67. The third kappa shape index (κ3) is 13.0. The highest BCUT2D eigenvalue weighted by Crippen LogP contribution is 2.17. The number of benzene rings is 3. The molecule has 0 bridgehead atoms. The lowest BCUT2D eigenvalue weighted by molar-refractivity contribution is -0.133. The predicted octanol–water partition coefficient (Wildman–Crippen LogP) is 5.71. The molecule has 0 unspecified atom stereocenters. The minimum Gasteiger partial charge on any atom is -0.489 e. The summed E-state index contributed by atoms with van der Waals surface area (Å²) in [6.45, 7) is 5.40. The van der Waals surface area contributed by atoms with E-state index in [4.69, 9.17) is 29.8 Å². The predicted molar refractivity (Wildman–Crippen MR) is 145 cm³/mol. The van der Waals surface area contributed by atoms with Crippen LogP contribution < -0.4 is 9.47 Å². The maximum atomic E-state index is 9.32. The Morgan fingerprint density at radius 1 is 0.833 bits per heavy atom. The summed E-state index contributed by atoms with van der Waals surface area (Å²) in [4.78, 5) is 9.32. The number of hydrogen-bond acceptors (Lipinski definition) is 6. The average Bonchev–Trinajstić information content (AvgIpc) is 2.92. The van der Waals surface area contributed by atoms with E-state index >= 15 is 0 Å². The highest BCUT2D eigenvalue weighted by atomic mass is 79.9. The molecule has 0 aliphatic heterocycles. The Morgan fingerprint density at radius 2 is 1.31 bits per heavy atom. The van der Waals surface area contributed by atoms with Gasteiger partial charge in [-0.3, -0.25) is 4.79 Å². The third-order valence-electron chi connectivity index (χ3n) is 4.46. The molecule has 0 aromatic heterocycles. The molecule has 3 aromatic carbocycles. The summed E-state index contributed by atoms with van der Waals surface area (Å²) in [6.07, 6.45) is 0.224. The zero-order chi connectivity index (χ0) is 26.8. The fourth-order valence-corrected chi connectivity index (χ4v) is 2.67. The highest BCUT2D eigenvalue weighted by Gasteiger charge is 2.03. The number of hydrogen-bond donors (Lipinski definition) is 3. The van der Waals surface area contributed by atoms with Crippen molar-refractivity contribution in [1.82, 2.24) is 0 Å². The lowest BCUT2D eigenvalue weighted by Gasteiger charge is -2.10. The first-order valence-electron chi connectivity index (χ1n) is 11.3. The maximum Gasteiger partial charge on any atom is 0.314 e. The molecule has 0 atom stereocenters. The number of nitrogens with one attached hydrogen (secondary N) is 1. The van der Waals surface area contributed by atoms with Crippen LogP contribution in [-0.2, 0) is 22.7 Å². The fraction of sp³-hybridized carbons (Fsp3) is 0.286. The van der Waals surface area contributed by atoms with Crippen LogP contribution in [0.15, 0.2) is 78.9 Å². The van der Waals surface area contributed by atoms with Crippen molar-refractivity contribution in [2.24, 2.45) is 0 Å². The molecule has 0 saturated carbocycles. The molecule has 0 radical (unpaired) electrons. The van der Waals surface area contributed by atoms with Gasteiger partial charge in [0.05, 0.1) is 18.4 Å². The number of rotatable bonds is 11. The van der Waals surface area contributed by atoms with Crippen molar-refractivity contribution in [3.63, 3.8) is 0 Å². The van der Waals surface area contributed by atoms with Gasteiger partial charge in [0.1, 0.15) is 30.0 Å². The first-order valence-corrected chi connectivity index (χ1v) is 12.4. The molecule has 0 fully saturated rings. The highest BCUT2D eigenvalue weighted by molar-refractivity contribution is 9.09. The second kappa shape index (κ2) is 18.1. The summed E-state index contributed by atoms with van der Waals surface area (Å²) in [7, 11) is 1.00. The average molecular weight is 560 g/mol. The maximum absolute atomic E-state index is 9.32. The van der Waals surface area contributed by atoms with Crippen LogP contribution in [0.4, 0.5) is 0 Å². The van der Waals surface area contributed by atoms with Crippen LogP contribution >= 0.6 is 15.9 Å². The van der Waals surface area contributed by atoms with Crippen molar-refractivity contribution in [2.45, 2.75) is 33.2 Å². The molecule has 0 saturated heterocycles. The zero-order valence-corrected chi connectivity index (χ0v) is 22.4. The van der Waals surface area contributed by atoms with Gasteiger partial charge < -0.3 is 29.8 Å². The molecule has 3 rings (SSSR count). The van der Waals surface area contributed by atoms with E-state index in [0.29, 0.717) is 18.9 Å². The van der Waals surface area contributed by atoms with Crippen LogP contribution in [0.1, 0.15) is 30.5 Å². The summed E-state index contributed by atoms with van der Waals surface area (Å²) in [5.74, 6) is 0.740. The molecule has 0 amide bonds. The topological polar surface area (TPSA) is 109 Å². The van der Waals surface area contributed by atoms with Crippen LogP contribution in [0.25, 0.3) is 0 Å². The van der Waals surface area contributed by atoms with Crippen LogP contribution in [0.5, 0.6) is 11.5 Å². The molecule has 194 valence electrons.